The standard InChI is InChI=1S/C16H15N5O2/c1-21-15(9-13(20-21)11-3-6-17-7-4-11)19-14-10-18-8-5-12(14)16(22)23-2/h3-10,19H,1-2H3. The molecule has 1 N–H and O–H groups in total. The minimum absolute atomic E-state index is 0.411. The number of pyridine rings is 2. The Labute approximate surface area is 133 Å². The molecule has 0 aromatic carbocycles. The van der Waals surface area contributed by atoms with Gasteiger partial charge in [0.15, 0.2) is 0 Å². The number of methoxy groups -OCH3 is 1. The SMILES string of the molecule is COC(=O)c1ccncc1Nc1cc(-c2ccncc2)nn1C. The van der Waals surface area contributed by atoms with Crippen LogP contribution in [0.3, 0.4) is 0 Å². The summed E-state index contributed by atoms with van der Waals surface area (Å²) < 4.78 is 6.48. The highest BCUT2D eigenvalue weighted by atomic mass is 16.5. The molecule has 7 heteroatoms. The lowest BCUT2D eigenvalue weighted by atomic mass is 10.2. The molecule has 0 bridgehead atoms. The first-order valence-corrected chi connectivity index (χ1v) is 6.93. The lowest BCUT2D eigenvalue weighted by Gasteiger charge is -2.09. The van der Waals surface area contributed by atoms with Crippen molar-refractivity contribution in [2.24, 2.45) is 7.05 Å². The van der Waals surface area contributed by atoms with E-state index in [0.717, 1.165) is 17.1 Å². The highest BCUT2D eigenvalue weighted by Crippen LogP contribution is 2.25. The Balaban J connectivity index is 1.93. The average molecular weight is 309 g/mol. The van der Waals surface area contributed by atoms with Crippen LogP contribution in [-0.2, 0) is 11.8 Å². The number of anilines is 2. The lowest BCUT2D eigenvalue weighted by Crippen LogP contribution is -2.07. The molecule has 0 unspecified atom stereocenters. The quantitative estimate of drug-likeness (QED) is 0.745. The number of nitrogens with zero attached hydrogens (tertiary/aromatic N) is 4. The zero-order chi connectivity index (χ0) is 16.2. The fraction of sp³-hybridized carbons (Fsp3) is 0.125. The van der Waals surface area contributed by atoms with E-state index >= 15 is 0 Å². The van der Waals surface area contributed by atoms with E-state index < -0.39 is 5.97 Å². The predicted octanol–water partition coefficient (Wildman–Crippen LogP) is 2.41. The van der Waals surface area contributed by atoms with Crippen LogP contribution in [0.2, 0.25) is 0 Å². The first kappa shape index (κ1) is 14.7. The lowest BCUT2D eigenvalue weighted by molar-refractivity contribution is 0.0602. The van der Waals surface area contributed by atoms with Gasteiger partial charge in [-0.15, -0.1) is 0 Å². The van der Waals surface area contributed by atoms with Crippen molar-refractivity contribution in [1.29, 1.82) is 0 Å². The maximum Gasteiger partial charge on any atom is 0.340 e. The van der Waals surface area contributed by atoms with Crippen LogP contribution >= 0.6 is 0 Å². The molecule has 0 aliphatic carbocycles. The number of ether oxygens (including phenoxy) is 1. The van der Waals surface area contributed by atoms with Gasteiger partial charge in [0.2, 0.25) is 0 Å². The van der Waals surface area contributed by atoms with Gasteiger partial charge in [-0.3, -0.25) is 14.6 Å². The van der Waals surface area contributed by atoms with Gasteiger partial charge in [-0.2, -0.15) is 5.10 Å². The van der Waals surface area contributed by atoms with E-state index in [-0.39, 0.29) is 0 Å². The molecular formula is C16H15N5O2. The highest BCUT2D eigenvalue weighted by molar-refractivity contribution is 5.96. The Bertz CT molecular complexity index is 829. The van der Waals surface area contributed by atoms with Gasteiger partial charge in [0.1, 0.15) is 5.82 Å². The van der Waals surface area contributed by atoms with Crippen molar-refractivity contribution in [2.75, 3.05) is 12.4 Å². The maximum atomic E-state index is 11.8. The molecule has 0 radical (unpaired) electrons. The van der Waals surface area contributed by atoms with Gasteiger partial charge in [-0.05, 0) is 18.2 Å². The van der Waals surface area contributed by atoms with E-state index in [1.54, 1.807) is 35.5 Å². The molecule has 7 nitrogen and oxygen atoms in total. The van der Waals surface area contributed by atoms with Crippen LogP contribution in [0.15, 0.2) is 49.1 Å². The monoisotopic (exact) mass is 309 g/mol. The van der Waals surface area contributed by atoms with Crippen LogP contribution in [0.4, 0.5) is 11.5 Å². The second-order valence-electron chi connectivity index (χ2n) is 4.81. The van der Waals surface area contributed by atoms with Crippen LogP contribution in [-0.4, -0.2) is 32.8 Å². The van der Waals surface area contributed by atoms with Crippen LogP contribution in [0, 0.1) is 0 Å². The maximum absolute atomic E-state index is 11.8. The van der Waals surface area contributed by atoms with Gasteiger partial charge in [0, 0.05) is 37.3 Å². The molecular weight excluding hydrogens is 294 g/mol. The molecule has 0 saturated carbocycles. The third-order valence-corrected chi connectivity index (χ3v) is 3.35. The number of aromatic nitrogens is 4. The molecule has 0 amide bonds. The van der Waals surface area contributed by atoms with Gasteiger partial charge in [0.25, 0.3) is 0 Å². The molecule has 3 heterocycles. The molecule has 0 aliphatic rings. The van der Waals surface area contributed by atoms with Crippen LogP contribution < -0.4 is 5.32 Å². The molecule has 116 valence electrons. The van der Waals surface area contributed by atoms with Gasteiger partial charge in [0.05, 0.1) is 30.3 Å². The summed E-state index contributed by atoms with van der Waals surface area (Å²) in [6, 6.07) is 7.27. The number of rotatable bonds is 4. The second-order valence-corrected chi connectivity index (χ2v) is 4.81. The third-order valence-electron chi connectivity index (χ3n) is 3.35. The Morgan fingerprint density at radius 2 is 1.91 bits per heavy atom. The zero-order valence-corrected chi connectivity index (χ0v) is 12.7. The zero-order valence-electron chi connectivity index (χ0n) is 12.7. The molecule has 0 spiro atoms. The van der Waals surface area contributed by atoms with E-state index in [9.17, 15) is 4.79 Å². The van der Waals surface area contributed by atoms with Crippen LogP contribution in [0.5, 0.6) is 0 Å². The van der Waals surface area contributed by atoms with Crippen LogP contribution in [0.1, 0.15) is 10.4 Å². The van der Waals surface area contributed by atoms with Crippen molar-refractivity contribution in [3.63, 3.8) is 0 Å². The number of hydrogen-bond donors (Lipinski definition) is 1. The number of hydrogen-bond acceptors (Lipinski definition) is 6. The number of nitrogens with one attached hydrogen (secondary N) is 1. The van der Waals surface area contributed by atoms with E-state index in [1.807, 2.05) is 25.2 Å². The van der Waals surface area contributed by atoms with Crippen molar-refractivity contribution in [2.45, 2.75) is 0 Å². The Morgan fingerprint density at radius 3 is 2.65 bits per heavy atom. The summed E-state index contributed by atoms with van der Waals surface area (Å²) in [6.07, 6.45) is 6.55. The van der Waals surface area contributed by atoms with E-state index in [0.29, 0.717) is 11.3 Å². The summed E-state index contributed by atoms with van der Waals surface area (Å²) >= 11 is 0. The molecule has 0 saturated heterocycles. The topological polar surface area (TPSA) is 81.9 Å². The predicted molar refractivity (Wildman–Crippen MR) is 85.3 cm³/mol. The minimum Gasteiger partial charge on any atom is -0.465 e. The Kier molecular flexibility index (Phi) is 4.01. The van der Waals surface area contributed by atoms with E-state index in [1.165, 1.54) is 7.11 Å². The molecule has 0 fully saturated rings. The van der Waals surface area contributed by atoms with Gasteiger partial charge >= 0.3 is 5.97 Å². The van der Waals surface area contributed by atoms with Gasteiger partial charge in [-0.1, -0.05) is 0 Å². The highest BCUT2D eigenvalue weighted by Gasteiger charge is 2.14. The minimum atomic E-state index is -0.425. The van der Waals surface area contributed by atoms with Crippen molar-refractivity contribution >= 4 is 17.5 Å². The van der Waals surface area contributed by atoms with E-state index in [4.69, 9.17) is 4.74 Å². The average Bonchev–Trinajstić information content (AvgIpc) is 2.96. The molecule has 23 heavy (non-hydrogen) atoms. The fourth-order valence-electron chi connectivity index (χ4n) is 2.17. The fourth-order valence-corrected chi connectivity index (χ4v) is 2.17. The van der Waals surface area contributed by atoms with Crippen molar-refractivity contribution in [3.8, 4) is 11.3 Å². The molecule has 0 atom stereocenters. The van der Waals surface area contributed by atoms with Gasteiger partial charge in [-0.25, -0.2) is 4.79 Å². The molecule has 3 rings (SSSR count). The Morgan fingerprint density at radius 1 is 1.17 bits per heavy atom. The number of aryl methyl sites for hydroxylation is 1. The summed E-state index contributed by atoms with van der Waals surface area (Å²) in [7, 11) is 3.17. The largest absolute Gasteiger partial charge is 0.465 e. The van der Waals surface area contributed by atoms with Crippen LogP contribution in [0.25, 0.3) is 11.3 Å². The molecule has 3 aromatic heterocycles. The number of carbonyl (C=O) groups is 1. The Hall–Kier alpha value is -3.22. The first-order chi connectivity index (χ1) is 11.2. The normalized spacial score (nSPS) is 10.3. The molecule has 3 aromatic rings. The third kappa shape index (κ3) is 3.03. The second kappa shape index (κ2) is 6.27. The van der Waals surface area contributed by atoms with Crippen molar-refractivity contribution in [3.05, 3.63) is 54.6 Å². The summed E-state index contributed by atoms with van der Waals surface area (Å²) in [4.78, 5) is 19.9. The van der Waals surface area contributed by atoms with E-state index in [2.05, 4.69) is 20.4 Å². The molecule has 0 aliphatic heterocycles. The summed E-state index contributed by atoms with van der Waals surface area (Å²) in [5.74, 6) is 0.307. The first-order valence-electron chi connectivity index (χ1n) is 6.93. The number of carbonyl (C=O) groups excluding carboxylic acids is 1. The summed E-state index contributed by atoms with van der Waals surface area (Å²) in [5, 5.41) is 7.63. The van der Waals surface area contributed by atoms with Crippen molar-refractivity contribution < 1.29 is 9.53 Å². The summed E-state index contributed by atoms with van der Waals surface area (Å²) in [6.45, 7) is 0. The van der Waals surface area contributed by atoms with Crippen molar-refractivity contribution in [1.82, 2.24) is 19.7 Å². The summed E-state index contributed by atoms with van der Waals surface area (Å²) in [5.41, 5.74) is 2.74. The number of esters is 1. The smallest absolute Gasteiger partial charge is 0.340 e. The van der Waals surface area contributed by atoms with Gasteiger partial charge < -0.3 is 10.1 Å².